The lowest BCUT2D eigenvalue weighted by Crippen LogP contribution is -2.06. The van der Waals surface area contributed by atoms with Crippen molar-refractivity contribution in [3.05, 3.63) is 89.1 Å². The second-order valence-corrected chi connectivity index (χ2v) is 5.48. The summed E-state index contributed by atoms with van der Waals surface area (Å²) >= 11 is 0. The lowest BCUT2D eigenvalue weighted by atomic mass is 9.98. The van der Waals surface area contributed by atoms with Gasteiger partial charge in [-0.2, -0.15) is 5.26 Å². The van der Waals surface area contributed by atoms with Crippen molar-refractivity contribution >= 4 is 17.2 Å². The Balaban J connectivity index is 1.91. The van der Waals surface area contributed by atoms with Gasteiger partial charge in [-0.25, -0.2) is 0 Å². The summed E-state index contributed by atoms with van der Waals surface area (Å²) in [4.78, 5) is 0. The Morgan fingerprint density at radius 2 is 1.91 bits per heavy atom. The molecule has 0 spiro atoms. The maximum absolute atomic E-state index is 9.19. The zero-order valence-electron chi connectivity index (χ0n) is 13.1. The highest BCUT2D eigenvalue weighted by molar-refractivity contribution is 5.89. The van der Waals surface area contributed by atoms with E-state index in [0.717, 1.165) is 17.6 Å². The van der Waals surface area contributed by atoms with E-state index < -0.39 is 0 Å². The van der Waals surface area contributed by atoms with Crippen LogP contribution in [0.5, 0.6) is 0 Å². The Morgan fingerprint density at radius 3 is 2.52 bits per heavy atom. The van der Waals surface area contributed by atoms with Crippen molar-refractivity contribution in [2.24, 2.45) is 0 Å². The molecule has 0 amide bonds. The van der Waals surface area contributed by atoms with E-state index in [9.17, 15) is 5.26 Å². The van der Waals surface area contributed by atoms with Crippen LogP contribution in [-0.4, -0.2) is 7.05 Å². The summed E-state index contributed by atoms with van der Waals surface area (Å²) in [5.74, 6) is 0. The highest BCUT2D eigenvalue weighted by Crippen LogP contribution is 2.32. The number of nitriles is 1. The monoisotopic (exact) mass is 298 g/mol. The maximum Gasteiger partial charge on any atom is 0.121 e. The predicted molar refractivity (Wildman–Crippen MR) is 96.2 cm³/mol. The van der Waals surface area contributed by atoms with Gasteiger partial charge in [-0.15, -0.1) is 0 Å². The van der Waals surface area contributed by atoms with Gasteiger partial charge in [0.1, 0.15) is 11.8 Å². The summed E-state index contributed by atoms with van der Waals surface area (Å²) in [5.41, 5.74) is 7.57. The SMILES string of the molecule is C=C/C(=C(/C#N)NC)c1ccc(C2=Cc3ccccc3C2)cc1. The first-order chi connectivity index (χ1) is 11.3. The van der Waals surface area contributed by atoms with Gasteiger partial charge in [-0.3, -0.25) is 0 Å². The van der Waals surface area contributed by atoms with Crippen LogP contribution >= 0.6 is 0 Å². The van der Waals surface area contributed by atoms with Crippen molar-refractivity contribution in [3.8, 4) is 6.07 Å². The third-order valence-electron chi connectivity index (χ3n) is 4.17. The van der Waals surface area contributed by atoms with Crippen molar-refractivity contribution in [2.45, 2.75) is 6.42 Å². The van der Waals surface area contributed by atoms with Crippen LogP contribution < -0.4 is 5.32 Å². The standard InChI is InChI=1S/C21H18N2/c1-3-20(21(14-22)23-2)16-10-8-15(9-11-16)19-12-17-6-4-5-7-18(17)13-19/h3-12,23H,1,13H2,2H3/b21-20+. The molecule has 0 fully saturated rings. The minimum absolute atomic E-state index is 0.528. The van der Waals surface area contributed by atoms with Crippen molar-refractivity contribution in [1.29, 1.82) is 5.26 Å². The molecule has 112 valence electrons. The van der Waals surface area contributed by atoms with Crippen molar-refractivity contribution in [3.63, 3.8) is 0 Å². The van der Waals surface area contributed by atoms with Gasteiger partial charge in [0.25, 0.3) is 0 Å². The Hall–Kier alpha value is -3.05. The number of benzene rings is 2. The maximum atomic E-state index is 9.19. The number of hydrogen-bond acceptors (Lipinski definition) is 2. The molecule has 0 saturated carbocycles. The molecule has 3 rings (SSSR count). The molecule has 23 heavy (non-hydrogen) atoms. The Labute approximate surface area is 137 Å². The lowest BCUT2D eigenvalue weighted by Gasteiger charge is -2.08. The summed E-state index contributed by atoms with van der Waals surface area (Å²) in [5, 5.41) is 12.1. The normalized spacial score (nSPS) is 13.5. The smallest absolute Gasteiger partial charge is 0.121 e. The fraction of sp³-hybridized carbons (Fsp3) is 0.0952. The highest BCUT2D eigenvalue weighted by Gasteiger charge is 2.13. The van der Waals surface area contributed by atoms with E-state index in [-0.39, 0.29) is 0 Å². The molecule has 0 heterocycles. The molecule has 1 aliphatic carbocycles. The zero-order chi connectivity index (χ0) is 16.2. The fourth-order valence-electron chi connectivity index (χ4n) is 2.94. The van der Waals surface area contributed by atoms with E-state index >= 15 is 0 Å². The zero-order valence-corrected chi connectivity index (χ0v) is 13.1. The number of nitrogens with zero attached hydrogens (tertiary/aromatic N) is 1. The molecule has 0 aromatic heterocycles. The molecule has 2 nitrogen and oxygen atoms in total. The van der Waals surface area contributed by atoms with Crippen LogP contribution in [0.4, 0.5) is 0 Å². The quantitative estimate of drug-likeness (QED) is 0.670. The van der Waals surface area contributed by atoms with Gasteiger partial charge in [0, 0.05) is 12.6 Å². The van der Waals surface area contributed by atoms with Crippen LogP contribution in [0, 0.1) is 11.3 Å². The number of fused-ring (bicyclic) bond motifs is 1. The molecule has 0 saturated heterocycles. The van der Waals surface area contributed by atoms with Crippen molar-refractivity contribution in [2.75, 3.05) is 7.05 Å². The van der Waals surface area contributed by atoms with Gasteiger partial charge in [0.05, 0.1) is 0 Å². The van der Waals surface area contributed by atoms with E-state index in [2.05, 4.69) is 60.4 Å². The Morgan fingerprint density at radius 1 is 1.17 bits per heavy atom. The largest absolute Gasteiger partial charge is 0.379 e. The predicted octanol–water partition coefficient (Wildman–Crippen LogP) is 4.42. The van der Waals surface area contributed by atoms with Crippen LogP contribution in [0.2, 0.25) is 0 Å². The Kier molecular flexibility index (Phi) is 4.12. The lowest BCUT2D eigenvalue weighted by molar-refractivity contribution is 1.04. The summed E-state index contributed by atoms with van der Waals surface area (Å²) in [6.45, 7) is 3.82. The molecular weight excluding hydrogens is 280 g/mol. The Bertz CT molecular complexity index is 846. The second kappa shape index (κ2) is 6.37. The number of allylic oxidation sites excluding steroid dienone is 4. The number of rotatable bonds is 4. The third kappa shape index (κ3) is 2.82. The first-order valence-corrected chi connectivity index (χ1v) is 7.60. The van der Waals surface area contributed by atoms with Gasteiger partial charge < -0.3 is 5.32 Å². The summed E-state index contributed by atoms with van der Waals surface area (Å²) < 4.78 is 0. The minimum atomic E-state index is 0.528. The van der Waals surface area contributed by atoms with Crippen LogP contribution in [0.3, 0.4) is 0 Å². The summed E-state index contributed by atoms with van der Waals surface area (Å²) in [6.07, 6.45) is 4.94. The second-order valence-electron chi connectivity index (χ2n) is 5.48. The van der Waals surface area contributed by atoms with Gasteiger partial charge in [0.15, 0.2) is 0 Å². The van der Waals surface area contributed by atoms with Crippen LogP contribution in [0.15, 0.2) is 66.9 Å². The molecule has 2 heteroatoms. The highest BCUT2D eigenvalue weighted by atomic mass is 14.8. The topological polar surface area (TPSA) is 35.8 Å². The molecule has 1 aliphatic rings. The van der Waals surface area contributed by atoms with Gasteiger partial charge in [-0.05, 0) is 34.2 Å². The number of nitrogens with one attached hydrogen (secondary N) is 1. The summed E-state index contributed by atoms with van der Waals surface area (Å²) in [7, 11) is 1.75. The van der Waals surface area contributed by atoms with Crippen LogP contribution in [0.25, 0.3) is 17.2 Å². The van der Waals surface area contributed by atoms with E-state index in [1.807, 2.05) is 12.1 Å². The van der Waals surface area contributed by atoms with E-state index in [1.165, 1.54) is 22.3 Å². The molecule has 0 aliphatic heterocycles. The van der Waals surface area contributed by atoms with Crippen LogP contribution in [0.1, 0.15) is 22.3 Å². The molecule has 0 unspecified atom stereocenters. The molecule has 0 atom stereocenters. The first-order valence-electron chi connectivity index (χ1n) is 7.60. The van der Waals surface area contributed by atoms with E-state index in [0.29, 0.717) is 5.70 Å². The molecule has 1 N–H and O–H groups in total. The van der Waals surface area contributed by atoms with Crippen LogP contribution in [-0.2, 0) is 6.42 Å². The van der Waals surface area contributed by atoms with Gasteiger partial charge in [0.2, 0.25) is 0 Å². The number of hydrogen-bond donors (Lipinski definition) is 1. The fourth-order valence-corrected chi connectivity index (χ4v) is 2.94. The average molecular weight is 298 g/mol. The third-order valence-corrected chi connectivity index (χ3v) is 4.17. The van der Waals surface area contributed by atoms with Gasteiger partial charge in [-0.1, -0.05) is 67.3 Å². The molecular formula is C21H18N2. The average Bonchev–Trinajstić information content (AvgIpc) is 3.04. The molecule has 0 radical (unpaired) electrons. The first kappa shape index (κ1) is 14.9. The molecule has 2 aromatic rings. The van der Waals surface area contributed by atoms with E-state index in [1.54, 1.807) is 13.1 Å². The van der Waals surface area contributed by atoms with Gasteiger partial charge >= 0.3 is 0 Å². The van der Waals surface area contributed by atoms with E-state index in [4.69, 9.17) is 0 Å². The molecule has 2 aromatic carbocycles. The van der Waals surface area contributed by atoms with Crippen molar-refractivity contribution < 1.29 is 0 Å². The molecule has 0 bridgehead atoms. The van der Waals surface area contributed by atoms with Crippen molar-refractivity contribution in [1.82, 2.24) is 5.32 Å². The summed E-state index contributed by atoms with van der Waals surface area (Å²) in [6, 6.07) is 19.0. The minimum Gasteiger partial charge on any atom is -0.379 e.